The first-order valence-corrected chi connectivity index (χ1v) is 7.43. The quantitative estimate of drug-likeness (QED) is 0.652. The third kappa shape index (κ3) is 4.36. The Hall–Kier alpha value is -0.410. The molecular formula is C15H30N2O. The van der Waals surface area contributed by atoms with Crippen LogP contribution in [0.3, 0.4) is 0 Å². The van der Waals surface area contributed by atoms with Gasteiger partial charge in [0.2, 0.25) is 0 Å². The summed E-state index contributed by atoms with van der Waals surface area (Å²) in [7, 11) is 2.18. The van der Waals surface area contributed by atoms with E-state index in [2.05, 4.69) is 37.6 Å². The zero-order valence-electron chi connectivity index (χ0n) is 12.6. The predicted octanol–water partition coefficient (Wildman–Crippen LogP) is 2.41. The fourth-order valence-corrected chi connectivity index (χ4v) is 3.12. The van der Waals surface area contributed by atoms with Crippen molar-refractivity contribution in [2.75, 3.05) is 33.2 Å². The van der Waals surface area contributed by atoms with Gasteiger partial charge in [0.25, 0.3) is 0 Å². The minimum absolute atomic E-state index is 0.161. The third-order valence-electron chi connectivity index (χ3n) is 4.34. The molecule has 106 valence electrons. The Morgan fingerprint density at radius 3 is 2.39 bits per heavy atom. The van der Waals surface area contributed by atoms with E-state index in [1.807, 2.05) is 0 Å². The average molecular weight is 254 g/mol. The van der Waals surface area contributed by atoms with Gasteiger partial charge in [0.05, 0.1) is 0 Å². The smallest absolute Gasteiger partial charge is 0.127 e. The number of carbonyl (C=O) groups excluding carboxylic acids is 1. The molecule has 1 saturated heterocycles. The number of likely N-dealkylation sites (tertiary alicyclic amines) is 1. The van der Waals surface area contributed by atoms with Crippen LogP contribution in [0.2, 0.25) is 0 Å². The zero-order valence-corrected chi connectivity index (χ0v) is 12.6. The fourth-order valence-electron chi connectivity index (χ4n) is 3.12. The molecule has 1 aliphatic rings. The molecule has 0 radical (unpaired) electrons. The largest absolute Gasteiger partial charge is 0.303 e. The first-order valence-electron chi connectivity index (χ1n) is 7.43. The number of nitrogens with zero attached hydrogens (tertiary/aromatic N) is 2. The summed E-state index contributed by atoms with van der Waals surface area (Å²) >= 11 is 0. The van der Waals surface area contributed by atoms with E-state index in [4.69, 9.17) is 0 Å². The van der Waals surface area contributed by atoms with Gasteiger partial charge in [0.1, 0.15) is 6.29 Å². The molecule has 1 rings (SSSR count). The Labute approximate surface area is 113 Å². The first-order chi connectivity index (χ1) is 8.54. The Morgan fingerprint density at radius 2 is 1.94 bits per heavy atom. The molecule has 1 heterocycles. The standard InChI is InChI=1S/C15H30N2O/c1-5-9-15(3,13-18)12-16(4)14-7-10-17(6-2)11-8-14/h13-14H,5-12H2,1-4H3. The monoisotopic (exact) mass is 254 g/mol. The van der Waals surface area contributed by atoms with Crippen molar-refractivity contribution in [2.45, 2.75) is 52.5 Å². The summed E-state index contributed by atoms with van der Waals surface area (Å²) in [6.45, 7) is 11.0. The van der Waals surface area contributed by atoms with Crippen LogP contribution in [0.15, 0.2) is 0 Å². The summed E-state index contributed by atoms with van der Waals surface area (Å²) in [6, 6.07) is 0.656. The average Bonchev–Trinajstić information content (AvgIpc) is 2.39. The highest BCUT2D eigenvalue weighted by molar-refractivity contribution is 5.59. The molecule has 0 bridgehead atoms. The predicted molar refractivity (Wildman–Crippen MR) is 76.8 cm³/mol. The molecule has 1 aliphatic heterocycles. The molecule has 18 heavy (non-hydrogen) atoms. The molecule has 0 aromatic heterocycles. The second-order valence-corrected chi connectivity index (χ2v) is 6.10. The SMILES string of the molecule is CCCC(C)(C=O)CN(C)C1CCN(CC)CC1. The number of piperidine rings is 1. The van der Waals surface area contributed by atoms with Crippen molar-refractivity contribution in [1.82, 2.24) is 9.80 Å². The van der Waals surface area contributed by atoms with E-state index in [0.29, 0.717) is 6.04 Å². The highest BCUT2D eigenvalue weighted by Gasteiger charge is 2.29. The highest BCUT2D eigenvalue weighted by atomic mass is 16.1. The second kappa shape index (κ2) is 7.25. The van der Waals surface area contributed by atoms with Gasteiger partial charge < -0.3 is 14.6 Å². The number of hydrogen-bond donors (Lipinski definition) is 0. The molecule has 0 spiro atoms. The maximum atomic E-state index is 11.3. The van der Waals surface area contributed by atoms with E-state index in [9.17, 15) is 4.79 Å². The molecule has 0 aliphatic carbocycles. The highest BCUT2D eigenvalue weighted by Crippen LogP contribution is 2.24. The lowest BCUT2D eigenvalue weighted by Crippen LogP contribution is -2.46. The molecule has 1 atom stereocenters. The van der Waals surface area contributed by atoms with Crippen LogP contribution < -0.4 is 0 Å². The van der Waals surface area contributed by atoms with Gasteiger partial charge in [-0.05, 0) is 45.9 Å². The van der Waals surface area contributed by atoms with E-state index in [1.54, 1.807) is 0 Å². The van der Waals surface area contributed by atoms with Crippen LogP contribution in [0.1, 0.15) is 46.5 Å². The van der Waals surface area contributed by atoms with Crippen LogP contribution >= 0.6 is 0 Å². The van der Waals surface area contributed by atoms with E-state index >= 15 is 0 Å². The maximum absolute atomic E-state index is 11.3. The zero-order chi connectivity index (χ0) is 13.6. The summed E-state index contributed by atoms with van der Waals surface area (Å²) in [5.74, 6) is 0. The molecule has 3 nitrogen and oxygen atoms in total. The molecule has 0 N–H and O–H groups in total. The van der Waals surface area contributed by atoms with E-state index in [1.165, 1.54) is 32.5 Å². The van der Waals surface area contributed by atoms with Crippen molar-refractivity contribution < 1.29 is 4.79 Å². The number of aldehydes is 1. The summed E-state index contributed by atoms with van der Waals surface area (Å²) in [5, 5.41) is 0. The van der Waals surface area contributed by atoms with Crippen molar-refractivity contribution >= 4 is 6.29 Å². The van der Waals surface area contributed by atoms with Crippen LogP contribution in [-0.4, -0.2) is 55.4 Å². The van der Waals surface area contributed by atoms with Crippen molar-refractivity contribution in [3.63, 3.8) is 0 Å². The van der Waals surface area contributed by atoms with Gasteiger partial charge in [0.15, 0.2) is 0 Å². The van der Waals surface area contributed by atoms with Crippen LogP contribution in [0.5, 0.6) is 0 Å². The van der Waals surface area contributed by atoms with Crippen LogP contribution in [0, 0.1) is 5.41 Å². The lowest BCUT2D eigenvalue weighted by molar-refractivity contribution is -0.117. The van der Waals surface area contributed by atoms with Crippen molar-refractivity contribution in [3.05, 3.63) is 0 Å². The first kappa shape index (κ1) is 15.6. The van der Waals surface area contributed by atoms with E-state index < -0.39 is 0 Å². The minimum Gasteiger partial charge on any atom is -0.303 e. The minimum atomic E-state index is -0.161. The number of hydrogen-bond acceptors (Lipinski definition) is 3. The summed E-state index contributed by atoms with van der Waals surface area (Å²) < 4.78 is 0. The van der Waals surface area contributed by atoms with Crippen LogP contribution in [0.25, 0.3) is 0 Å². The van der Waals surface area contributed by atoms with Gasteiger partial charge >= 0.3 is 0 Å². The van der Waals surface area contributed by atoms with Gasteiger partial charge in [-0.2, -0.15) is 0 Å². The molecule has 0 aromatic rings. The molecule has 0 aromatic carbocycles. The van der Waals surface area contributed by atoms with Crippen LogP contribution in [-0.2, 0) is 4.79 Å². The molecule has 1 unspecified atom stereocenters. The Balaban J connectivity index is 2.45. The second-order valence-electron chi connectivity index (χ2n) is 6.10. The lowest BCUT2D eigenvalue weighted by atomic mass is 9.86. The van der Waals surface area contributed by atoms with Crippen LogP contribution in [0.4, 0.5) is 0 Å². The van der Waals surface area contributed by atoms with Crippen molar-refractivity contribution in [1.29, 1.82) is 0 Å². The molecule has 1 fully saturated rings. The fraction of sp³-hybridized carbons (Fsp3) is 0.933. The Kier molecular flexibility index (Phi) is 6.30. The van der Waals surface area contributed by atoms with E-state index in [-0.39, 0.29) is 5.41 Å². The maximum Gasteiger partial charge on any atom is 0.127 e. The molecule has 0 amide bonds. The van der Waals surface area contributed by atoms with Gasteiger partial charge in [0, 0.05) is 18.0 Å². The van der Waals surface area contributed by atoms with Crippen molar-refractivity contribution in [2.24, 2.45) is 5.41 Å². The molecular weight excluding hydrogens is 224 g/mol. The molecule has 3 heteroatoms. The van der Waals surface area contributed by atoms with Crippen molar-refractivity contribution in [3.8, 4) is 0 Å². The Morgan fingerprint density at radius 1 is 1.33 bits per heavy atom. The summed E-state index contributed by atoms with van der Waals surface area (Å²) in [4.78, 5) is 16.2. The topological polar surface area (TPSA) is 23.6 Å². The molecule has 0 saturated carbocycles. The normalized spacial score (nSPS) is 22.1. The summed E-state index contributed by atoms with van der Waals surface area (Å²) in [6.07, 6.45) is 5.72. The van der Waals surface area contributed by atoms with Gasteiger partial charge in [-0.3, -0.25) is 0 Å². The number of carbonyl (C=O) groups is 1. The third-order valence-corrected chi connectivity index (χ3v) is 4.34. The van der Waals surface area contributed by atoms with E-state index in [0.717, 1.165) is 25.7 Å². The lowest BCUT2D eigenvalue weighted by Gasteiger charge is -2.39. The number of rotatable bonds is 7. The summed E-state index contributed by atoms with van der Waals surface area (Å²) in [5.41, 5.74) is -0.161. The van der Waals surface area contributed by atoms with Gasteiger partial charge in [-0.25, -0.2) is 0 Å². The Bertz CT molecular complexity index is 249. The van der Waals surface area contributed by atoms with Gasteiger partial charge in [-0.15, -0.1) is 0 Å². The van der Waals surface area contributed by atoms with Gasteiger partial charge in [-0.1, -0.05) is 27.2 Å².